The number of ether oxygens (including phenoxy) is 1. The largest absolute Gasteiger partial charge is 0.381 e. The molecule has 30 heavy (non-hydrogen) atoms. The summed E-state index contributed by atoms with van der Waals surface area (Å²) in [6, 6.07) is 10.7. The van der Waals surface area contributed by atoms with E-state index in [-0.39, 0.29) is 12.2 Å². The number of carbonyl (C=O) groups is 2. The maximum Gasteiger partial charge on any atom is 0.270 e. The minimum absolute atomic E-state index is 0.176. The zero-order valence-corrected chi connectivity index (χ0v) is 16.2. The maximum atomic E-state index is 12.4. The summed E-state index contributed by atoms with van der Waals surface area (Å²) in [6.07, 6.45) is 0.413. The topological polar surface area (TPSA) is 132 Å². The summed E-state index contributed by atoms with van der Waals surface area (Å²) >= 11 is 0. The molecule has 2 amide bonds. The second-order valence-electron chi connectivity index (χ2n) is 6.87. The molecule has 1 saturated heterocycles. The molecular weight excluding hydrogens is 388 g/mol. The predicted octanol–water partition coefficient (Wildman–Crippen LogP) is 0.651. The zero-order chi connectivity index (χ0) is 20.9. The fourth-order valence-electron chi connectivity index (χ4n) is 3.16. The Kier molecular flexibility index (Phi) is 5.87. The highest BCUT2D eigenvalue weighted by atomic mass is 16.5. The van der Waals surface area contributed by atoms with Gasteiger partial charge in [-0.2, -0.15) is 5.10 Å². The number of aromatic amines is 1. The monoisotopic (exact) mass is 410 g/mol. The van der Waals surface area contributed by atoms with Gasteiger partial charge in [-0.1, -0.05) is 6.07 Å². The second-order valence-corrected chi connectivity index (χ2v) is 6.87. The molecule has 1 fully saturated rings. The molecule has 0 bridgehead atoms. The van der Waals surface area contributed by atoms with Crippen molar-refractivity contribution in [1.82, 2.24) is 25.4 Å². The summed E-state index contributed by atoms with van der Waals surface area (Å²) in [5.74, 6) is -0.398. The Balaban J connectivity index is 1.35. The van der Waals surface area contributed by atoms with Crippen LogP contribution in [0.15, 0.2) is 42.6 Å². The van der Waals surface area contributed by atoms with Crippen LogP contribution in [0.1, 0.15) is 10.5 Å². The molecule has 0 aliphatic carbocycles. The van der Waals surface area contributed by atoms with Gasteiger partial charge in [0.05, 0.1) is 31.5 Å². The fraction of sp³-hybridized carbons (Fsp3) is 0.300. The fourth-order valence-corrected chi connectivity index (χ4v) is 3.16. The molecular formula is C20H22N6O4. The number of aliphatic hydroxyl groups excluding tert-OH is 1. The van der Waals surface area contributed by atoms with Gasteiger partial charge in [0.25, 0.3) is 11.8 Å². The number of nitrogens with one attached hydrogen (secondary N) is 3. The highest BCUT2D eigenvalue weighted by molar-refractivity contribution is 5.93. The summed E-state index contributed by atoms with van der Waals surface area (Å²) in [6.45, 7) is 1.57. The van der Waals surface area contributed by atoms with E-state index in [1.807, 2.05) is 18.2 Å². The maximum absolute atomic E-state index is 12.4. The number of amides is 2. The highest BCUT2D eigenvalue weighted by Gasteiger charge is 2.24. The van der Waals surface area contributed by atoms with Crippen LogP contribution in [0.2, 0.25) is 0 Å². The third kappa shape index (κ3) is 4.56. The molecule has 0 radical (unpaired) electrons. The van der Waals surface area contributed by atoms with E-state index in [1.54, 1.807) is 24.4 Å². The molecule has 156 valence electrons. The Bertz CT molecular complexity index is 1050. The van der Waals surface area contributed by atoms with Crippen molar-refractivity contribution in [2.45, 2.75) is 6.10 Å². The molecule has 1 unspecified atom stereocenters. The molecule has 3 heterocycles. The molecule has 4 N–H and O–H groups in total. The van der Waals surface area contributed by atoms with Gasteiger partial charge in [-0.3, -0.25) is 14.7 Å². The molecule has 1 atom stereocenters. The summed E-state index contributed by atoms with van der Waals surface area (Å²) in [5.41, 5.74) is 1.91. The van der Waals surface area contributed by atoms with Gasteiger partial charge >= 0.3 is 0 Å². The van der Waals surface area contributed by atoms with E-state index in [0.29, 0.717) is 32.1 Å². The van der Waals surface area contributed by atoms with Gasteiger partial charge in [0.1, 0.15) is 17.6 Å². The van der Waals surface area contributed by atoms with Crippen LogP contribution in [0.3, 0.4) is 0 Å². The van der Waals surface area contributed by atoms with Crippen LogP contribution in [-0.4, -0.2) is 76.0 Å². The zero-order valence-electron chi connectivity index (χ0n) is 16.2. The number of carbonyl (C=O) groups excluding carboxylic acids is 2. The van der Waals surface area contributed by atoms with Gasteiger partial charge in [0.2, 0.25) is 0 Å². The molecule has 1 aromatic carbocycles. The van der Waals surface area contributed by atoms with Gasteiger partial charge < -0.3 is 25.4 Å². The number of aliphatic hydroxyl groups is 1. The molecule has 1 aliphatic heterocycles. The van der Waals surface area contributed by atoms with E-state index >= 15 is 0 Å². The van der Waals surface area contributed by atoms with Crippen molar-refractivity contribution in [3.05, 3.63) is 48.3 Å². The van der Waals surface area contributed by atoms with E-state index in [0.717, 1.165) is 16.6 Å². The first-order valence-electron chi connectivity index (χ1n) is 9.60. The van der Waals surface area contributed by atoms with Crippen molar-refractivity contribution in [3.8, 4) is 0 Å². The summed E-state index contributed by atoms with van der Waals surface area (Å²) < 4.78 is 5.19. The second kappa shape index (κ2) is 8.89. The molecule has 0 spiro atoms. The van der Waals surface area contributed by atoms with Crippen molar-refractivity contribution in [1.29, 1.82) is 0 Å². The first kappa shape index (κ1) is 19.8. The van der Waals surface area contributed by atoms with Gasteiger partial charge in [-0.25, -0.2) is 4.98 Å². The van der Waals surface area contributed by atoms with Crippen LogP contribution in [0.4, 0.5) is 11.5 Å². The Hall–Kier alpha value is -3.50. The summed E-state index contributed by atoms with van der Waals surface area (Å²) in [7, 11) is 0. The number of H-pyrrole nitrogens is 1. The van der Waals surface area contributed by atoms with Crippen LogP contribution < -0.4 is 10.6 Å². The average Bonchev–Trinajstić information content (AvgIpc) is 3.25. The van der Waals surface area contributed by atoms with Gasteiger partial charge in [-0.05, 0) is 30.3 Å². The van der Waals surface area contributed by atoms with Crippen LogP contribution in [0.25, 0.3) is 10.9 Å². The lowest BCUT2D eigenvalue weighted by Crippen LogP contribution is -2.49. The normalized spacial score (nSPS) is 15.0. The molecule has 10 nitrogen and oxygen atoms in total. The quantitative estimate of drug-likeness (QED) is 0.469. The number of fused-ring (bicyclic) bond motifs is 1. The molecule has 2 aromatic heterocycles. The SMILES string of the molecule is O=C(NCC(O)C(=O)N1CCOCC1)c1cccc(Nc2ccc3[nH]ncc3c2)n1. The number of aromatic nitrogens is 3. The number of rotatable bonds is 6. The number of nitrogens with zero attached hydrogens (tertiary/aromatic N) is 3. The summed E-state index contributed by atoms with van der Waals surface area (Å²) in [5, 5.41) is 23.6. The van der Waals surface area contributed by atoms with Crippen LogP contribution in [0, 0.1) is 0 Å². The van der Waals surface area contributed by atoms with Crippen molar-refractivity contribution in [2.24, 2.45) is 0 Å². The lowest BCUT2D eigenvalue weighted by atomic mass is 10.2. The Morgan fingerprint density at radius 2 is 2.07 bits per heavy atom. The third-order valence-corrected chi connectivity index (χ3v) is 4.76. The van der Waals surface area contributed by atoms with Gasteiger partial charge in [-0.15, -0.1) is 0 Å². The van der Waals surface area contributed by atoms with Crippen molar-refractivity contribution >= 4 is 34.2 Å². The van der Waals surface area contributed by atoms with Crippen molar-refractivity contribution in [3.63, 3.8) is 0 Å². The lowest BCUT2D eigenvalue weighted by Gasteiger charge is -2.28. The highest BCUT2D eigenvalue weighted by Crippen LogP contribution is 2.20. The lowest BCUT2D eigenvalue weighted by molar-refractivity contribution is -0.143. The first-order valence-corrected chi connectivity index (χ1v) is 9.60. The van der Waals surface area contributed by atoms with E-state index in [1.165, 1.54) is 4.90 Å². The number of anilines is 2. The average molecular weight is 410 g/mol. The Labute approximate surface area is 172 Å². The van der Waals surface area contributed by atoms with E-state index in [2.05, 4.69) is 25.8 Å². The Morgan fingerprint density at radius 3 is 2.90 bits per heavy atom. The number of benzene rings is 1. The Morgan fingerprint density at radius 1 is 1.23 bits per heavy atom. The smallest absolute Gasteiger partial charge is 0.270 e. The summed E-state index contributed by atoms with van der Waals surface area (Å²) in [4.78, 5) is 30.5. The minimum atomic E-state index is -1.31. The van der Waals surface area contributed by atoms with E-state index < -0.39 is 17.9 Å². The van der Waals surface area contributed by atoms with Gasteiger partial charge in [0.15, 0.2) is 0 Å². The molecule has 4 rings (SSSR count). The standard InChI is InChI=1S/C20H22N6O4/c27-17(20(29)26-6-8-30-9-7-26)12-21-19(28)16-2-1-3-18(24-16)23-14-4-5-15-13(10-14)11-22-25-15/h1-5,10-11,17,27H,6-9,12H2,(H,21,28)(H,22,25)(H,23,24). The van der Waals surface area contributed by atoms with Crippen molar-refractivity contribution < 1.29 is 19.4 Å². The van der Waals surface area contributed by atoms with Gasteiger partial charge in [0, 0.05) is 24.2 Å². The van der Waals surface area contributed by atoms with Crippen LogP contribution in [0.5, 0.6) is 0 Å². The van der Waals surface area contributed by atoms with Crippen LogP contribution >= 0.6 is 0 Å². The van der Waals surface area contributed by atoms with E-state index in [9.17, 15) is 14.7 Å². The number of hydrogen-bond acceptors (Lipinski definition) is 7. The molecule has 3 aromatic rings. The first-order chi connectivity index (χ1) is 14.6. The number of morpholine rings is 1. The molecule has 10 heteroatoms. The van der Waals surface area contributed by atoms with E-state index in [4.69, 9.17) is 4.74 Å². The number of pyridine rings is 1. The minimum Gasteiger partial charge on any atom is -0.381 e. The molecule has 1 aliphatic rings. The van der Waals surface area contributed by atoms with Crippen molar-refractivity contribution in [2.75, 3.05) is 38.2 Å². The third-order valence-electron chi connectivity index (χ3n) is 4.76. The predicted molar refractivity (Wildman–Crippen MR) is 109 cm³/mol. The van der Waals surface area contributed by atoms with Crippen LogP contribution in [-0.2, 0) is 9.53 Å². The molecule has 0 saturated carbocycles. The number of hydrogen-bond donors (Lipinski definition) is 4.